The second-order valence-corrected chi connectivity index (χ2v) is 5.09. The number of aliphatic hydroxyl groups excluding tert-OH is 1. The lowest BCUT2D eigenvalue weighted by Crippen LogP contribution is -2.31. The van der Waals surface area contributed by atoms with Crippen molar-refractivity contribution >= 4 is 11.6 Å². The molecule has 3 heteroatoms. The van der Waals surface area contributed by atoms with Crippen molar-refractivity contribution in [3.8, 4) is 0 Å². The lowest BCUT2D eigenvalue weighted by molar-refractivity contribution is 0.0859. The first-order chi connectivity index (χ1) is 8.10. The van der Waals surface area contributed by atoms with Gasteiger partial charge in [-0.3, -0.25) is 0 Å². The van der Waals surface area contributed by atoms with E-state index in [2.05, 4.69) is 13.8 Å². The fourth-order valence-corrected chi connectivity index (χ4v) is 2.43. The molecule has 0 aliphatic rings. The van der Waals surface area contributed by atoms with Crippen molar-refractivity contribution in [2.24, 2.45) is 11.7 Å². The maximum Gasteiger partial charge on any atom is 0.0646 e. The molecule has 0 aromatic heterocycles. The van der Waals surface area contributed by atoms with Crippen molar-refractivity contribution < 1.29 is 5.11 Å². The van der Waals surface area contributed by atoms with Gasteiger partial charge in [-0.25, -0.2) is 0 Å². The van der Waals surface area contributed by atoms with Gasteiger partial charge in [0.25, 0.3) is 0 Å². The van der Waals surface area contributed by atoms with Gasteiger partial charge in [0, 0.05) is 17.5 Å². The van der Waals surface area contributed by atoms with Gasteiger partial charge in [-0.1, -0.05) is 44.0 Å². The molecule has 0 aliphatic carbocycles. The predicted molar refractivity (Wildman–Crippen MR) is 73.3 cm³/mol. The molecule has 0 fully saturated rings. The van der Waals surface area contributed by atoms with Crippen molar-refractivity contribution in [1.82, 2.24) is 0 Å². The SMILES string of the molecule is CCCC(C)C(O)C(CN)c1cccc(Cl)c1. The largest absolute Gasteiger partial charge is 0.392 e. The summed E-state index contributed by atoms with van der Waals surface area (Å²) < 4.78 is 0. The molecule has 96 valence electrons. The minimum atomic E-state index is -0.404. The Morgan fingerprint density at radius 1 is 1.41 bits per heavy atom. The maximum atomic E-state index is 10.3. The van der Waals surface area contributed by atoms with E-state index >= 15 is 0 Å². The first-order valence-corrected chi connectivity index (χ1v) is 6.61. The van der Waals surface area contributed by atoms with E-state index in [1.807, 2.05) is 24.3 Å². The van der Waals surface area contributed by atoms with Gasteiger partial charge in [0.15, 0.2) is 0 Å². The van der Waals surface area contributed by atoms with Crippen LogP contribution >= 0.6 is 11.6 Å². The Hall–Kier alpha value is -0.570. The maximum absolute atomic E-state index is 10.3. The van der Waals surface area contributed by atoms with Gasteiger partial charge in [-0.15, -0.1) is 0 Å². The highest BCUT2D eigenvalue weighted by atomic mass is 35.5. The van der Waals surface area contributed by atoms with Gasteiger partial charge in [0.05, 0.1) is 6.10 Å². The fraction of sp³-hybridized carbons (Fsp3) is 0.571. The zero-order chi connectivity index (χ0) is 12.8. The van der Waals surface area contributed by atoms with Gasteiger partial charge in [-0.2, -0.15) is 0 Å². The molecule has 0 heterocycles. The van der Waals surface area contributed by atoms with Crippen LogP contribution in [0.15, 0.2) is 24.3 Å². The molecule has 0 aliphatic heterocycles. The van der Waals surface area contributed by atoms with E-state index in [4.69, 9.17) is 17.3 Å². The summed E-state index contributed by atoms with van der Waals surface area (Å²) in [5.74, 6) is 0.225. The minimum Gasteiger partial charge on any atom is -0.392 e. The molecule has 0 spiro atoms. The second kappa shape index (κ2) is 7.00. The number of hydrogen-bond acceptors (Lipinski definition) is 2. The van der Waals surface area contributed by atoms with Gasteiger partial charge < -0.3 is 10.8 Å². The summed E-state index contributed by atoms with van der Waals surface area (Å²) in [4.78, 5) is 0. The zero-order valence-electron chi connectivity index (χ0n) is 10.6. The van der Waals surface area contributed by atoms with Crippen LogP contribution in [0.2, 0.25) is 5.02 Å². The van der Waals surface area contributed by atoms with E-state index < -0.39 is 6.10 Å². The molecule has 17 heavy (non-hydrogen) atoms. The fourth-order valence-electron chi connectivity index (χ4n) is 2.23. The standard InChI is InChI=1S/C14H22ClNO/c1-3-5-10(2)14(17)13(9-16)11-6-4-7-12(15)8-11/h4,6-8,10,13-14,17H,3,5,9,16H2,1-2H3. The smallest absolute Gasteiger partial charge is 0.0646 e. The van der Waals surface area contributed by atoms with Crippen LogP contribution in [0.1, 0.15) is 38.2 Å². The summed E-state index contributed by atoms with van der Waals surface area (Å²) >= 11 is 5.97. The number of rotatable bonds is 6. The Balaban J connectivity index is 2.83. The molecule has 3 atom stereocenters. The zero-order valence-corrected chi connectivity index (χ0v) is 11.3. The highest BCUT2D eigenvalue weighted by Gasteiger charge is 2.24. The normalized spacial score (nSPS) is 16.5. The number of aliphatic hydroxyl groups is 1. The highest BCUT2D eigenvalue weighted by molar-refractivity contribution is 6.30. The summed E-state index contributed by atoms with van der Waals surface area (Å²) in [6.07, 6.45) is 1.68. The average molecular weight is 256 g/mol. The first kappa shape index (κ1) is 14.5. The van der Waals surface area contributed by atoms with Crippen molar-refractivity contribution in [1.29, 1.82) is 0 Å². The number of hydrogen-bond donors (Lipinski definition) is 2. The van der Waals surface area contributed by atoms with E-state index in [9.17, 15) is 5.11 Å². The summed E-state index contributed by atoms with van der Waals surface area (Å²) in [5, 5.41) is 11.0. The van der Waals surface area contributed by atoms with Crippen molar-refractivity contribution in [3.05, 3.63) is 34.9 Å². The van der Waals surface area contributed by atoms with Crippen LogP contribution in [0.4, 0.5) is 0 Å². The summed E-state index contributed by atoms with van der Waals surface area (Å²) in [7, 11) is 0. The molecule has 0 radical (unpaired) electrons. The molecule has 0 amide bonds. The monoisotopic (exact) mass is 255 g/mol. The predicted octanol–water partition coefficient (Wildman–Crippen LogP) is 3.18. The van der Waals surface area contributed by atoms with Gasteiger partial charge in [-0.05, 0) is 30.0 Å². The molecule has 0 saturated carbocycles. The van der Waals surface area contributed by atoms with E-state index in [1.165, 1.54) is 0 Å². The van der Waals surface area contributed by atoms with E-state index in [1.54, 1.807) is 0 Å². The average Bonchev–Trinajstić information content (AvgIpc) is 2.30. The van der Waals surface area contributed by atoms with Crippen LogP contribution in [0, 0.1) is 5.92 Å². The third-order valence-corrected chi connectivity index (χ3v) is 3.51. The lowest BCUT2D eigenvalue weighted by Gasteiger charge is -2.27. The van der Waals surface area contributed by atoms with Crippen LogP contribution in [0.5, 0.6) is 0 Å². The van der Waals surface area contributed by atoms with Gasteiger partial charge >= 0.3 is 0 Å². The van der Waals surface area contributed by atoms with E-state index in [0.29, 0.717) is 11.6 Å². The molecule has 1 aromatic rings. The Morgan fingerprint density at radius 2 is 2.12 bits per heavy atom. The molecule has 3 N–H and O–H groups in total. The Morgan fingerprint density at radius 3 is 2.65 bits per heavy atom. The van der Waals surface area contributed by atoms with Crippen LogP contribution in [-0.4, -0.2) is 17.8 Å². The van der Waals surface area contributed by atoms with Gasteiger partial charge in [0.2, 0.25) is 0 Å². The minimum absolute atomic E-state index is 0.0322. The van der Waals surface area contributed by atoms with Crippen molar-refractivity contribution in [2.75, 3.05) is 6.54 Å². The third-order valence-electron chi connectivity index (χ3n) is 3.27. The van der Waals surface area contributed by atoms with Crippen LogP contribution in [0.3, 0.4) is 0 Å². The number of benzene rings is 1. The Kier molecular flexibility index (Phi) is 5.96. The van der Waals surface area contributed by atoms with Crippen LogP contribution < -0.4 is 5.73 Å². The van der Waals surface area contributed by atoms with Crippen molar-refractivity contribution in [3.63, 3.8) is 0 Å². The van der Waals surface area contributed by atoms with Crippen molar-refractivity contribution in [2.45, 2.75) is 38.7 Å². The molecule has 1 aromatic carbocycles. The summed E-state index contributed by atoms with van der Waals surface area (Å²) in [5.41, 5.74) is 6.81. The van der Waals surface area contributed by atoms with E-state index in [0.717, 1.165) is 18.4 Å². The molecular formula is C14H22ClNO. The Bertz CT molecular complexity index is 343. The molecular weight excluding hydrogens is 234 g/mol. The quantitative estimate of drug-likeness (QED) is 0.820. The Labute approximate surface area is 109 Å². The van der Waals surface area contributed by atoms with Crippen LogP contribution in [-0.2, 0) is 0 Å². The van der Waals surface area contributed by atoms with E-state index in [-0.39, 0.29) is 11.8 Å². The second-order valence-electron chi connectivity index (χ2n) is 4.65. The number of halogens is 1. The lowest BCUT2D eigenvalue weighted by atomic mass is 9.85. The first-order valence-electron chi connectivity index (χ1n) is 6.23. The third kappa shape index (κ3) is 3.98. The van der Waals surface area contributed by atoms with Gasteiger partial charge in [0.1, 0.15) is 0 Å². The molecule has 0 saturated heterocycles. The van der Waals surface area contributed by atoms with Crippen LogP contribution in [0.25, 0.3) is 0 Å². The molecule has 1 rings (SSSR count). The topological polar surface area (TPSA) is 46.2 Å². The number of nitrogens with two attached hydrogens (primary N) is 1. The highest BCUT2D eigenvalue weighted by Crippen LogP contribution is 2.27. The molecule has 0 bridgehead atoms. The summed E-state index contributed by atoms with van der Waals surface area (Å²) in [6.45, 7) is 4.64. The molecule has 2 nitrogen and oxygen atoms in total. The molecule has 3 unspecified atom stereocenters. The summed E-state index contributed by atoms with van der Waals surface area (Å²) in [6, 6.07) is 7.60.